The summed E-state index contributed by atoms with van der Waals surface area (Å²) in [6.07, 6.45) is -0.725. The van der Waals surface area contributed by atoms with Crippen molar-refractivity contribution in [3.05, 3.63) is 0 Å². The topological polar surface area (TPSA) is 104 Å². The molecule has 1 fully saturated rings. The first-order valence-electron chi connectivity index (χ1n) is 3.49. The summed E-state index contributed by atoms with van der Waals surface area (Å²) < 4.78 is 0. The van der Waals surface area contributed by atoms with Gasteiger partial charge in [0.15, 0.2) is 0 Å². The smallest absolute Gasteiger partial charge is 0.326 e. The zero-order chi connectivity index (χ0) is 9.30. The first-order chi connectivity index (χ1) is 5.52. The molecule has 0 saturated carbocycles. The zero-order valence-electron chi connectivity index (χ0n) is 6.30. The average Bonchev–Trinajstić information content (AvgIpc) is 2.31. The van der Waals surface area contributed by atoms with E-state index in [-0.39, 0.29) is 13.0 Å². The van der Waals surface area contributed by atoms with Gasteiger partial charge in [-0.25, -0.2) is 9.59 Å². The molecule has 0 aromatic carbocycles. The molecule has 6 nitrogen and oxygen atoms in total. The number of rotatable bonds is 1. The summed E-state index contributed by atoms with van der Waals surface area (Å²) in [5, 5.41) is 17.6. The maximum Gasteiger partial charge on any atom is 0.326 e. The Morgan fingerprint density at radius 3 is 2.42 bits per heavy atom. The van der Waals surface area contributed by atoms with Crippen molar-refractivity contribution in [1.29, 1.82) is 0 Å². The number of hydrogen-bond donors (Lipinski definition) is 3. The molecular formula is C6H10N2O4. The van der Waals surface area contributed by atoms with Gasteiger partial charge in [-0.2, -0.15) is 0 Å². The van der Waals surface area contributed by atoms with Crippen LogP contribution in [0, 0.1) is 0 Å². The van der Waals surface area contributed by atoms with E-state index in [1.807, 2.05) is 0 Å². The number of amides is 2. The maximum atomic E-state index is 10.6. The molecule has 0 spiro atoms. The van der Waals surface area contributed by atoms with Crippen molar-refractivity contribution in [3.63, 3.8) is 0 Å². The number of nitrogens with two attached hydrogens (primary N) is 1. The Kier molecular flexibility index (Phi) is 2.18. The van der Waals surface area contributed by atoms with Crippen molar-refractivity contribution in [3.8, 4) is 0 Å². The fourth-order valence-corrected chi connectivity index (χ4v) is 1.29. The van der Waals surface area contributed by atoms with E-state index >= 15 is 0 Å². The Balaban J connectivity index is 2.72. The van der Waals surface area contributed by atoms with Crippen LogP contribution >= 0.6 is 0 Å². The Morgan fingerprint density at radius 1 is 1.50 bits per heavy atom. The third kappa shape index (κ3) is 1.48. The van der Waals surface area contributed by atoms with E-state index < -0.39 is 24.1 Å². The standard InChI is InChI=1S/C6H10N2O4/c7-6(12)8-2-3(9)1-4(8)5(10)11/h3-4,9H,1-2H2,(H2,7,12)(H,10,11)/t3-,4+/m1/s1. The van der Waals surface area contributed by atoms with Gasteiger partial charge in [0.05, 0.1) is 6.10 Å². The van der Waals surface area contributed by atoms with Crippen LogP contribution in [0.25, 0.3) is 0 Å². The number of likely N-dealkylation sites (tertiary alicyclic amines) is 1. The molecule has 0 aromatic rings. The summed E-state index contributed by atoms with van der Waals surface area (Å²) in [7, 11) is 0. The fraction of sp³-hybridized carbons (Fsp3) is 0.667. The number of aliphatic carboxylic acids is 1. The Hall–Kier alpha value is -1.30. The molecule has 4 N–H and O–H groups in total. The largest absolute Gasteiger partial charge is 0.480 e. The molecule has 1 aliphatic heterocycles. The lowest BCUT2D eigenvalue weighted by atomic mass is 10.2. The molecular weight excluding hydrogens is 164 g/mol. The lowest BCUT2D eigenvalue weighted by Crippen LogP contribution is -2.43. The Morgan fingerprint density at radius 2 is 2.08 bits per heavy atom. The van der Waals surface area contributed by atoms with E-state index in [0.717, 1.165) is 4.90 Å². The highest BCUT2D eigenvalue weighted by Gasteiger charge is 2.37. The number of aliphatic hydroxyl groups is 1. The molecule has 6 heteroatoms. The first kappa shape index (κ1) is 8.79. The van der Waals surface area contributed by atoms with Gasteiger partial charge in [-0.05, 0) is 0 Å². The van der Waals surface area contributed by atoms with Crippen LogP contribution in [-0.4, -0.2) is 45.8 Å². The van der Waals surface area contributed by atoms with Crippen molar-refractivity contribution < 1.29 is 19.8 Å². The number of β-amino-alcohol motifs (C(OH)–C–C–N with tert-alkyl or cyclic N) is 1. The number of urea groups is 1. The van der Waals surface area contributed by atoms with Crippen LogP contribution in [0.1, 0.15) is 6.42 Å². The van der Waals surface area contributed by atoms with Gasteiger partial charge >= 0.3 is 12.0 Å². The summed E-state index contributed by atoms with van der Waals surface area (Å²) in [5.41, 5.74) is 4.90. The molecule has 1 heterocycles. The number of primary amides is 1. The van der Waals surface area contributed by atoms with Crippen LogP contribution < -0.4 is 5.73 Å². The Labute approximate surface area is 68.6 Å². The molecule has 0 radical (unpaired) electrons. The van der Waals surface area contributed by atoms with E-state index in [0.29, 0.717) is 0 Å². The molecule has 0 aliphatic carbocycles. The normalized spacial score (nSPS) is 28.9. The molecule has 12 heavy (non-hydrogen) atoms. The van der Waals surface area contributed by atoms with Crippen molar-refractivity contribution in [2.45, 2.75) is 18.6 Å². The van der Waals surface area contributed by atoms with Crippen molar-refractivity contribution in [1.82, 2.24) is 4.90 Å². The lowest BCUT2D eigenvalue weighted by Gasteiger charge is -2.17. The van der Waals surface area contributed by atoms with E-state index in [9.17, 15) is 9.59 Å². The number of nitrogens with zero attached hydrogens (tertiary/aromatic N) is 1. The number of aliphatic hydroxyl groups excluding tert-OH is 1. The second-order valence-corrected chi connectivity index (χ2v) is 2.73. The van der Waals surface area contributed by atoms with Crippen LogP contribution in [0.2, 0.25) is 0 Å². The summed E-state index contributed by atoms with van der Waals surface area (Å²) in [5.74, 6) is -1.13. The van der Waals surface area contributed by atoms with Gasteiger partial charge in [-0.1, -0.05) is 0 Å². The molecule has 0 unspecified atom stereocenters. The second-order valence-electron chi connectivity index (χ2n) is 2.73. The minimum Gasteiger partial charge on any atom is -0.480 e. The number of hydrogen-bond acceptors (Lipinski definition) is 3. The van der Waals surface area contributed by atoms with E-state index in [1.165, 1.54) is 0 Å². The predicted molar refractivity (Wildman–Crippen MR) is 38.3 cm³/mol. The van der Waals surface area contributed by atoms with E-state index in [2.05, 4.69) is 0 Å². The third-order valence-electron chi connectivity index (χ3n) is 1.85. The van der Waals surface area contributed by atoms with Crippen LogP contribution in [0.5, 0.6) is 0 Å². The highest BCUT2D eigenvalue weighted by molar-refractivity contribution is 5.82. The lowest BCUT2D eigenvalue weighted by molar-refractivity contribution is -0.141. The molecule has 1 aliphatic rings. The maximum absolute atomic E-state index is 10.6. The Bertz CT molecular complexity index is 196. The molecule has 1 rings (SSSR count). The highest BCUT2D eigenvalue weighted by atomic mass is 16.4. The fourth-order valence-electron chi connectivity index (χ4n) is 1.29. The molecule has 68 valence electrons. The van der Waals surface area contributed by atoms with Gasteiger partial charge in [-0.3, -0.25) is 0 Å². The number of carbonyl (C=O) groups excluding carboxylic acids is 1. The van der Waals surface area contributed by atoms with Crippen molar-refractivity contribution in [2.75, 3.05) is 6.54 Å². The van der Waals surface area contributed by atoms with Gasteiger partial charge in [0.25, 0.3) is 0 Å². The summed E-state index contributed by atoms with van der Waals surface area (Å²) in [4.78, 5) is 22.1. The van der Waals surface area contributed by atoms with Gasteiger partial charge < -0.3 is 20.8 Å². The summed E-state index contributed by atoms with van der Waals surface area (Å²) in [6.45, 7) is 0.00625. The van der Waals surface area contributed by atoms with Crippen molar-refractivity contribution in [2.24, 2.45) is 5.73 Å². The van der Waals surface area contributed by atoms with Gasteiger partial charge in [0.1, 0.15) is 6.04 Å². The first-order valence-corrected chi connectivity index (χ1v) is 3.49. The molecule has 0 aromatic heterocycles. The summed E-state index contributed by atoms with van der Waals surface area (Å²) >= 11 is 0. The van der Waals surface area contributed by atoms with Gasteiger partial charge in [0, 0.05) is 13.0 Å². The van der Waals surface area contributed by atoms with E-state index in [4.69, 9.17) is 15.9 Å². The minimum atomic E-state index is -1.13. The average molecular weight is 174 g/mol. The highest BCUT2D eigenvalue weighted by Crippen LogP contribution is 2.17. The molecule has 2 atom stereocenters. The van der Waals surface area contributed by atoms with E-state index in [1.54, 1.807) is 0 Å². The van der Waals surface area contributed by atoms with Crippen LogP contribution in [-0.2, 0) is 4.79 Å². The monoisotopic (exact) mass is 174 g/mol. The molecule has 2 amide bonds. The SMILES string of the molecule is NC(=O)N1C[C@H](O)C[C@H]1C(=O)O. The van der Waals surface area contributed by atoms with Gasteiger partial charge in [-0.15, -0.1) is 0 Å². The number of carboxylic acids is 1. The van der Waals surface area contributed by atoms with Crippen LogP contribution in [0.3, 0.4) is 0 Å². The molecule has 1 saturated heterocycles. The quantitative estimate of drug-likeness (QED) is 0.454. The second kappa shape index (κ2) is 2.98. The van der Waals surface area contributed by atoms with Gasteiger partial charge in [0.2, 0.25) is 0 Å². The summed E-state index contributed by atoms with van der Waals surface area (Å²) in [6, 6.07) is -1.78. The number of carbonyl (C=O) groups is 2. The minimum absolute atomic E-state index is 0.00625. The zero-order valence-corrected chi connectivity index (χ0v) is 6.30. The predicted octanol–water partition coefficient (Wildman–Crippen LogP) is -1.42. The third-order valence-corrected chi connectivity index (χ3v) is 1.85. The van der Waals surface area contributed by atoms with Crippen LogP contribution in [0.4, 0.5) is 4.79 Å². The number of carboxylic acid groups (broad SMARTS) is 1. The molecule has 0 bridgehead atoms. The van der Waals surface area contributed by atoms with Crippen molar-refractivity contribution >= 4 is 12.0 Å². The van der Waals surface area contributed by atoms with Crippen LogP contribution in [0.15, 0.2) is 0 Å².